The Labute approximate surface area is 341 Å². The van der Waals surface area contributed by atoms with E-state index in [1.165, 1.54) is 12.1 Å². The second kappa shape index (κ2) is 13.2. The van der Waals surface area contributed by atoms with E-state index in [9.17, 15) is 0 Å². The molecule has 0 aliphatic heterocycles. The van der Waals surface area contributed by atoms with E-state index in [1.54, 1.807) is 12.1 Å². The molecule has 0 atom stereocenters. The summed E-state index contributed by atoms with van der Waals surface area (Å²) in [7, 11) is 0. The Morgan fingerprint density at radius 3 is 0.900 bits per heavy atom. The van der Waals surface area contributed by atoms with Gasteiger partial charge in [-0.1, -0.05) is 97.1 Å². The third-order valence-electron chi connectivity index (χ3n) is 11.5. The second-order valence-corrected chi connectivity index (χ2v) is 14.9. The molecule has 4 heterocycles. The number of nitrogens with zero attached hydrogens (tertiary/aromatic N) is 6. The van der Waals surface area contributed by atoms with Crippen LogP contribution in [0.1, 0.15) is 0 Å². The van der Waals surface area contributed by atoms with Crippen molar-refractivity contribution in [3.05, 3.63) is 194 Å². The van der Waals surface area contributed by atoms with Gasteiger partial charge < -0.3 is 0 Å². The first-order valence-electron chi connectivity index (χ1n) is 19.7. The minimum absolute atomic E-state index is 0.375. The Bertz CT molecular complexity index is 3280. The zero-order valence-electron chi connectivity index (χ0n) is 31.8. The molecule has 4 aromatic heterocycles. The van der Waals surface area contributed by atoms with Crippen LogP contribution < -0.4 is 9.80 Å². The van der Waals surface area contributed by atoms with Crippen LogP contribution in [0, 0.1) is 11.6 Å². The quantitative estimate of drug-likeness (QED) is 0.157. The molecule has 0 spiro atoms. The molecule has 12 rings (SSSR count). The lowest BCUT2D eigenvalue weighted by atomic mass is 9.91. The van der Waals surface area contributed by atoms with Crippen LogP contribution in [-0.4, -0.2) is 19.9 Å². The Morgan fingerprint density at radius 1 is 0.300 bits per heavy atom. The van der Waals surface area contributed by atoms with Gasteiger partial charge in [0, 0.05) is 53.9 Å². The largest absolute Gasteiger partial charge is 0.278 e. The van der Waals surface area contributed by atoms with Crippen LogP contribution in [-0.2, 0) is 0 Å². The van der Waals surface area contributed by atoms with E-state index >= 15 is 8.78 Å². The summed E-state index contributed by atoms with van der Waals surface area (Å²) in [5.41, 5.74) is 4.20. The van der Waals surface area contributed by atoms with Gasteiger partial charge >= 0.3 is 0 Å². The van der Waals surface area contributed by atoms with Crippen molar-refractivity contribution < 1.29 is 8.78 Å². The van der Waals surface area contributed by atoms with Gasteiger partial charge in [-0.25, -0.2) is 28.7 Å². The predicted molar refractivity (Wildman–Crippen MR) is 241 cm³/mol. The van der Waals surface area contributed by atoms with Crippen molar-refractivity contribution in [1.82, 2.24) is 19.9 Å². The van der Waals surface area contributed by atoms with Gasteiger partial charge in [0.2, 0.25) is 0 Å². The molecule has 8 aromatic carbocycles. The molecular weight excluding hydrogens is 747 g/mol. The Balaban J connectivity index is 1.15. The summed E-state index contributed by atoms with van der Waals surface area (Å²) in [4.78, 5) is 24.2. The Morgan fingerprint density at radius 2 is 0.583 bits per heavy atom. The highest BCUT2D eigenvalue weighted by Crippen LogP contribution is 2.48. The number of hydrogen-bond donors (Lipinski definition) is 0. The van der Waals surface area contributed by atoms with Crippen molar-refractivity contribution in [3.63, 3.8) is 0 Å². The van der Waals surface area contributed by atoms with Crippen LogP contribution in [0.5, 0.6) is 0 Å². The van der Waals surface area contributed by atoms with Crippen LogP contribution in [0.2, 0.25) is 0 Å². The first kappa shape index (κ1) is 34.0. The molecule has 60 heavy (non-hydrogen) atoms. The summed E-state index contributed by atoms with van der Waals surface area (Å²) in [6.45, 7) is 0. The number of halogens is 2. The van der Waals surface area contributed by atoms with Crippen molar-refractivity contribution >= 4 is 111 Å². The molecule has 0 N–H and O–H groups in total. The van der Waals surface area contributed by atoms with Gasteiger partial charge in [-0.2, -0.15) is 0 Å². The highest BCUT2D eigenvalue weighted by molar-refractivity contribution is 6.28. The number of rotatable bonds is 6. The third-order valence-corrected chi connectivity index (χ3v) is 11.5. The molecule has 0 amide bonds. The number of aromatic nitrogens is 4. The average molecular weight is 777 g/mol. The molecule has 0 saturated carbocycles. The molecule has 282 valence electrons. The smallest absolute Gasteiger partial charge is 0.139 e. The summed E-state index contributed by atoms with van der Waals surface area (Å²) < 4.78 is 34.0. The monoisotopic (exact) mass is 776 g/mol. The lowest BCUT2D eigenvalue weighted by Gasteiger charge is -2.28. The van der Waals surface area contributed by atoms with Crippen molar-refractivity contribution in [3.8, 4) is 0 Å². The topological polar surface area (TPSA) is 58.0 Å². The molecule has 0 bridgehead atoms. The lowest BCUT2D eigenvalue weighted by Crippen LogP contribution is -2.15. The summed E-state index contributed by atoms with van der Waals surface area (Å²) in [6.07, 6.45) is 0. The summed E-state index contributed by atoms with van der Waals surface area (Å²) in [5.74, 6) is 1.35. The van der Waals surface area contributed by atoms with Gasteiger partial charge in [-0.15, -0.1) is 0 Å². The van der Waals surface area contributed by atoms with Crippen molar-refractivity contribution in [1.29, 1.82) is 0 Å². The lowest BCUT2D eigenvalue weighted by molar-refractivity contribution is 0.639. The van der Waals surface area contributed by atoms with Crippen LogP contribution >= 0.6 is 0 Å². The third kappa shape index (κ3) is 5.31. The minimum atomic E-state index is -0.450. The van der Waals surface area contributed by atoms with Crippen LogP contribution in [0.15, 0.2) is 182 Å². The summed E-state index contributed by atoms with van der Waals surface area (Å²) >= 11 is 0. The van der Waals surface area contributed by atoms with Gasteiger partial charge in [-0.3, -0.25) is 9.80 Å². The molecule has 0 saturated heterocycles. The van der Waals surface area contributed by atoms with Crippen LogP contribution in [0.25, 0.3) is 75.9 Å². The number of benzene rings is 8. The fourth-order valence-corrected chi connectivity index (χ4v) is 8.69. The molecule has 0 aliphatic rings. The number of hydrogen-bond acceptors (Lipinski definition) is 6. The van der Waals surface area contributed by atoms with E-state index in [4.69, 9.17) is 19.9 Å². The zero-order valence-corrected chi connectivity index (χ0v) is 31.8. The molecule has 0 fully saturated rings. The fourth-order valence-electron chi connectivity index (χ4n) is 8.69. The molecule has 6 nitrogen and oxygen atoms in total. The van der Waals surface area contributed by atoms with E-state index in [2.05, 4.69) is 0 Å². The molecular formula is C52H30F2N6. The Hall–Kier alpha value is -8.10. The van der Waals surface area contributed by atoms with E-state index in [0.717, 1.165) is 43.6 Å². The summed E-state index contributed by atoms with van der Waals surface area (Å²) in [5, 5.41) is 7.26. The average Bonchev–Trinajstić information content (AvgIpc) is 3.29. The molecule has 12 aromatic rings. The minimum Gasteiger partial charge on any atom is -0.278 e. The van der Waals surface area contributed by atoms with Crippen molar-refractivity contribution in [2.45, 2.75) is 0 Å². The van der Waals surface area contributed by atoms with E-state index in [0.29, 0.717) is 67.0 Å². The SMILES string of the molecule is Fc1cc(N(c2ccc3ccccc3n2)c2ccc3ccccc3n2)c2ccc3c(F)cc(N(c4ccc5ccccc5n4)c4ccc5ccccc5n4)c4ccc1c2c34. The van der Waals surface area contributed by atoms with Crippen molar-refractivity contribution in [2.24, 2.45) is 0 Å². The maximum absolute atomic E-state index is 17.0. The maximum atomic E-state index is 17.0. The highest BCUT2D eigenvalue weighted by atomic mass is 19.1. The number of fused-ring (bicyclic) bond motifs is 4. The van der Waals surface area contributed by atoms with Crippen molar-refractivity contribution in [2.75, 3.05) is 9.80 Å². The molecule has 0 aliphatic carbocycles. The van der Waals surface area contributed by atoms with Crippen LogP contribution in [0.3, 0.4) is 0 Å². The number of anilines is 6. The van der Waals surface area contributed by atoms with E-state index in [-0.39, 0.29) is 0 Å². The van der Waals surface area contributed by atoms with Gasteiger partial charge in [0.15, 0.2) is 0 Å². The fraction of sp³-hybridized carbons (Fsp3) is 0. The van der Waals surface area contributed by atoms with E-state index in [1.807, 2.05) is 168 Å². The summed E-state index contributed by atoms with van der Waals surface area (Å²) in [6, 6.07) is 57.7. The standard InChI is InChI=1S/C52H30F2N6/c53-39-29-45(59(47-25-17-31-9-1-5-13-41(31)55-47)48-26-18-32-10-2-6-14-42(32)56-48)37-23-21-36-40(54)30-46(38-24-22-35(39)51(37)52(36)38)60(49-27-19-33-11-3-7-15-43(33)57-49)50-28-20-34-12-4-8-16-44(34)58-50/h1-30H. The highest BCUT2D eigenvalue weighted by Gasteiger charge is 2.27. The van der Waals surface area contributed by atoms with Gasteiger partial charge in [0.05, 0.1) is 33.4 Å². The molecule has 0 radical (unpaired) electrons. The number of pyridine rings is 4. The molecule has 0 unspecified atom stereocenters. The maximum Gasteiger partial charge on any atom is 0.139 e. The van der Waals surface area contributed by atoms with Gasteiger partial charge in [0.1, 0.15) is 34.9 Å². The molecule has 8 heteroatoms. The van der Waals surface area contributed by atoms with Crippen LogP contribution in [0.4, 0.5) is 43.4 Å². The van der Waals surface area contributed by atoms with Gasteiger partial charge in [-0.05, 0) is 84.9 Å². The normalized spacial score (nSPS) is 11.8. The second-order valence-electron chi connectivity index (χ2n) is 14.9. The number of para-hydroxylation sites is 4. The first-order valence-corrected chi connectivity index (χ1v) is 19.7. The Kier molecular flexibility index (Phi) is 7.49. The first-order chi connectivity index (χ1) is 29.6. The van der Waals surface area contributed by atoms with Gasteiger partial charge in [0.25, 0.3) is 0 Å². The zero-order chi connectivity index (χ0) is 39.9. The van der Waals surface area contributed by atoms with E-state index < -0.39 is 11.6 Å². The predicted octanol–water partition coefficient (Wildman–Crippen LogP) is 14.0.